The molecule has 76 valence electrons. The van der Waals surface area contributed by atoms with Crippen LogP contribution in [-0.4, -0.2) is 34.5 Å². The van der Waals surface area contributed by atoms with E-state index in [9.17, 15) is 9.59 Å². The summed E-state index contributed by atoms with van der Waals surface area (Å²) in [7, 11) is 0. The van der Waals surface area contributed by atoms with E-state index in [0.29, 0.717) is 6.54 Å². The third kappa shape index (κ3) is 1.14. The summed E-state index contributed by atoms with van der Waals surface area (Å²) in [5, 5.41) is 8.89. The fourth-order valence-corrected chi connectivity index (χ4v) is 2.48. The van der Waals surface area contributed by atoms with Gasteiger partial charge in [-0.05, 0) is 25.3 Å². The number of rotatable bonds is 2. The standard InChI is InChI=1S/C10H13NO3/c1-2-3-8(12)11-5-6-4-7(11)9(6)10(13)14/h2-3,6-7,9H,4-5H2,1H3,(H,13,14)/b3-2+. The van der Waals surface area contributed by atoms with Crippen molar-refractivity contribution in [2.75, 3.05) is 6.54 Å². The highest BCUT2D eigenvalue weighted by molar-refractivity contribution is 5.89. The molecule has 2 bridgehead atoms. The van der Waals surface area contributed by atoms with Crippen molar-refractivity contribution < 1.29 is 14.7 Å². The SMILES string of the molecule is C/C=C/C(=O)N1CC2CC1C2C(=O)O. The number of nitrogens with zero attached hydrogens (tertiary/aromatic N) is 1. The summed E-state index contributed by atoms with van der Waals surface area (Å²) in [5.41, 5.74) is 0. The summed E-state index contributed by atoms with van der Waals surface area (Å²) >= 11 is 0. The first-order valence-electron chi connectivity index (χ1n) is 4.81. The summed E-state index contributed by atoms with van der Waals surface area (Å²) in [5.74, 6) is -0.943. The molecule has 0 aromatic carbocycles. The number of hydrogen-bond acceptors (Lipinski definition) is 2. The van der Waals surface area contributed by atoms with Crippen LogP contribution in [-0.2, 0) is 9.59 Å². The van der Waals surface area contributed by atoms with Crippen molar-refractivity contribution in [3.63, 3.8) is 0 Å². The molecule has 2 aliphatic heterocycles. The molecule has 3 rings (SSSR count). The van der Waals surface area contributed by atoms with Crippen molar-refractivity contribution in [2.24, 2.45) is 11.8 Å². The molecule has 1 aliphatic carbocycles. The molecule has 3 aliphatic rings. The lowest BCUT2D eigenvalue weighted by Crippen LogP contribution is -2.44. The molecule has 1 N–H and O–H groups in total. The molecule has 4 heteroatoms. The van der Waals surface area contributed by atoms with E-state index in [-0.39, 0.29) is 23.8 Å². The number of carbonyl (C=O) groups excluding carboxylic acids is 1. The minimum Gasteiger partial charge on any atom is -0.481 e. The van der Waals surface area contributed by atoms with E-state index in [1.807, 2.05) is 0 Å². The van der Waals surface area contributed by atoms with Gasteiger partial charge in [0.05, 0.1) is 5.92 Å². The molecule has 3 atom stereocenters. The van der Waals surface area contributed by atoms with Crippen molar-refractivity contribution in [1.82, 2.24) is 4.90 Å². The summed E-state index contributed by atoms with van der Waals surface area (Å²) < 4.78 is 0. The molecule has 0 aromatic rings. The highest BCUT2D eigenvalue weighted by Gasteiger charge is 2.56. The number of carboxylic acid groups (broad SMARTS) is 1. The van der Waals surface area contributed by atoms with Crippen LogP contribution in [0.15, 0.2) is 12.2 Å². The van der Waals surface area contributed by atoms with Gasteiger partial charge >= 0.3 is 5.97 Å². The van der Waals surface area contributed by atoms with Gasteiger partial charge in [0.1, 0.15) is 0 Å². The lowest BCUT2D eigenvalue weighted by Gasteiger charge is -2.32. The maximum absolute atomic E-state index is 11.5. The van der Waals surface area contributed by atoms with E-state index in [2.05, 4.69) is 0 Å². The van der Waals surface area contributed by atoms with Crippen LogP contribution >= 0.6 is 0 Å². The number of carbonyl (C=O) groups is 2. The van der Waals surface area contributed by atoms with E-state index in [4.69, 9.17) is 5.11 Å². The van der Waals surface area contributed by atoms with Gasteiger partial charge in [-0.15, -0.1) is 0 Å². The number of amides is 1. The zero-order chi connectivity index (χ0) is 10.3. The van der Waals surface area contributed by atoms with E-state index in [0.717, 1.165) is 6.42 Å². The van der Waals surface area contributed by atoms with Crippen molar-refractivity contribution in [3.8, 4) is 0 Å². The number of hydrogen-bond donors (Lipinski definition) is 1. The molecule has 0 spiro atoms. The van der Waals surface area contributed by atoms with Crippen LogP contribution in [0.3, 0.4) is 0 Å². The Hall–Kier alpha value is -1.32. The summed E-state index contributed by atoms with van der Waals surface area (Å²) in [4.78, 5) is 24.0. The van der Waals surface area contributed by atoms with Crippen LogP contribution < -0.4 is 0 Å². The molecular weight excluding hydrogens is 182 g/mol. The summed E-state index contributed by atoms with van der Waals surface area (Å²) in [6.45, 7) is 2.40. The van der Waals surface area contributed by atoms with Crippen LogP contribution in [0.5, 0.6) is 0 Å². The smallest absolute Gasteiger partial charge is 0.308 e. The Bertz CT molecular complexity index is 310. The predicted octanol–water partition coefficient (Wildman–Crippen LogP) is 0.494. The molecular formula is C10H13NO3. The van der Waals surface area contributed by atoms with Gasteiger partial charge in [-0.25, -0.2) is 0 Å². The van der Waals surface area contributed by atoms with Gasteiger partial charge in [-0.3, -0.25) is 9.59 Å². The van der Waals surface area contributed by atoms with Crippen molar-refractivity contribution in [1.29, 1.82) is 0 Å². The fraction of sp³-hybridized carbons (Fsp3) is 0.600. The summed E-state index contributed by atoms with van der Waals surface area (Å²) in [6, 6.07) is -0.0544. The molecule has 1 amide bonds. The van der Waals surface area contributed by atoms with Gasteiger partial charge in [0.2, 0.25) is 5.91 Å². The minimum absolute atomic E-state index is 0.0521. The van der Waals surface area contributed by atoms with Gasteiger partial charge < -0.3 is 10.0 Å². The van der Waals surface area contributed by atoms with Gasteiger partial charge in [0.15, 0.2) is 0 Å². The maximum atomic E-state index is 11.5. The average Bonchev–Trinajstić information content (AvgIpc) is 2.58. The van der Waals surface area contributed by atoms with Crippen molar-refractivity contribution in [2.45, 2.75) is 19.4 Å². The molecule has 3 unspecified atom stereocenters. The van der Waals surface area contributed by atoms with E-state index in [1.54, 1.807) is 17.9 Å². The average molecular weight is 195 g/mol. The number of fused-ring (bicyclic) bond motifs is 1. The lowest BCUT2D eigenvalue weighted by atomic mass is 9.74. The van der Waals surface area contributed by atoms with Crippen molar-refractivity contribution >= 4 is 11.9 Å². The molecule has 1 saturated carbocycles. The van der Waals surface area contributed by atoms with E-state index in [1.165, 1.54) is 6.08 Å². The normalized spacial score (nSPS) is 34.6. The lowest BCUT2D eigenvalue weighted by molar-refractivity contribution is -0.148. The first-order valence-corrected chi connectivity index (χ1v) is 4.81. The molecule has 4 nitrogen and oxygen atoms in total. The van der Waals surface area contributed by atoms with Gasteiger partial charge in [0.25, 0.3) is 0 Å². The Balaban J connectivity index is 2.07. The zero-order valence-electron chi connectivity index (χ0n) is 8.01. The maximum Gasteiger partial charge on any atom is 0.308 e. The molecule has 3 fully saturated rings. The van der Waals surface area contributed by atoms with Gasteiger partial charge in [-0.2, -0.15) is 0 Å². The highest BCUT2D eigenvalue weighted by Crippen LogP contribution is 2.46. The molecule has 0 aromatic heterocycles. The van der Waals surface area contributed by atoms with Crippen LogP contribution in [0.4, 0.5) is 0 Å². The third-order valence-corrected chi connectivity index (χ3v) is 3.18. The van der Waals surface area contributed by atoms with Gasteiger partial charge in [0, 0.05) is 12.6 Å². The summed E-state index contributed by atoms with van der Waals surface area (Å²) in [6.07, 6.45) is 4.05. The first-order chi connectivity index (χ1) is 6.65. The Morgan fingerprint density at radius 2 is 2.21 bits per heavy atom. The molecule has 2 saturated heterocycles. The number of allylic oxidation sites excluding steroid dienone is 1. The van der Waals surface area contributed by atoms with Gasteiger partial charge in [-0.1, -0.05) is 6.08 Å². The highest BCUT2D eigenvalue weighted by atomic mass is 16.4. The largest absolute Gasteiger partial charge is 0.481 e. The number of carboxylic acids is 1. The Morgan fingerprint density at radius 1 is 1.50 bits per heavy atom. The van der Waals surface area contributed by atoms with E-state index >= 15 is 0 Å². The number of aliphatic carboxylic acids is 1. The monoisotopic (exact) mass is 195 g/mol. The first kappa shape index (κ1) is 9.24. The second kappa shape index (κ2) is 3.12. The van der Waals surface area contributed by atoms with Crippen LogP contribution in [0, 0.1) is 11.8 Å². The topological polar surface area (TPSA) is 57.6 Å². The zero-order valence-corrected chi connectivity index (χ0v) is 8.01. The Kier molecular flexibility index (Phi) is 2.06. The minimum atomic E-state index is -0.762. The molecule has 0 radical (unpaired) electrons. The van der Waals surface area contributed by atoms with Crippen LogP contribution in [0.25, 0.3) is 0 Å². The quantitative estimate of drug-likeness (QED) is 0.652. The predicted molar refractivity (Wildman–Crippen MR) is 49.5 cm³/mol. The van der Waals surface area contributed by atoms with Crippen molar-refractivity contribution in [3.05, 3.63) is 12.2 Å². The van der Waals surface area contributed by atoms with Crippen LogP contribution in [0.2, 0.25) is 0 Å². The Labute approximate surface area is 82.2 Å². The van der Waals surface area contributed by atoms with Crippen LogP contribution in [0.1, 0.15) is 13.3 Å². The third-order valence-electron chi connectivity index (χ3n) is 3.18. The fourth-order valence-electron chi connectivity index (χ4n) is 2.48. The van der Waals surface area contributed by atoms with E-state index < -0.39 is 5.97 Å². The molecule has 14 heavy (non-hydrogen) atoms. The second-order valence-corrected chi connectivity index (χ2v) is 3.92. The second-order valence-electron chi connectivity index (χ2n) is 3.92. The Morgan fingerprint density at radius 3 is 2.71 bits per heavy atom. The molecule has 2 heterocycles.